The first kappa shape index (κ1) is 40.1. The zero-order valence-electron chi connectivity index (χ0n) is 33.9. The zero-order chi connectivity index (χ0) is 38.7. The van der Waals surface area contributed by atoms with Gasteiger partial charge in [-0.25, -0.2) is 14.3 Å². The number of ether oxygens (including phenoxy) is 1. The standard InChI is InChI=1S/C44H62N6O3/c1-12-31(13-2)53-37-24-30(45-26-51)19-20-36(37)48-49-41-39(29-17-15-14-16-18-29)33(40-46-38(21-27(3)4)47-42(52)50(40)41)25-32-34(43(6,7)8)22-28(5)23-35(32)44(9,10)11/h14-20,24,26-28,31-32,34-35,41H,12-13,21-23,25H2,1-11H3,(H,45,51). The lowest BCUT2D eigenvalue weighted by Crippen LogP contribution is -2.43. The summed E-state index contributed by atoms with van der Waals surface area (Å²) in [4.78, 5) is 35.3. The Bertz CT molecular complexity index is 1820. The first-order valence-corrected chi connectivity index (χ1v) is 19.8. The van der Waals surface area contributed by atoms with Gasteiger partial charge in [0.05, 0.1) is 6.10 Å². The molecule has 0 radical (unpaired) electrons. The van der Waals surface area contributed by atoms with Crippen LogP contribution in [0.3, 0.4) is 0 Å². The predicted octanol–water partition coefficient (Wildman–Crippen LogP) is 10.9. The summed E-state index contributed by atoms with van der Waals surface area (Å²) in [5.74, 6) is 3.97. The maximum Gasteiger partial charge on any atom is 0.353 e. The molecule has 1 fully saturated rings. The summed E-state index contributed by atoms with van der Waals surface area (Å²) < 4.78 is 8.07. The Balaban J connectivity index is 1.75. The van der Waals surface area contributed by atoms with Gasteiger partial charge in [-0.05, 0) is 90.2 Å². The number of aromatic nitrogens is 3. The minimum absolute atomic E-state index is 0.0332. The van der Waals surface area contributed by atoms with Crippen LogP contribution in [0.15, 0.2) is 63.6 Å². The summed E-state index contributed by atoms with van der Waals surface area (Å²) in [5.41, 5.74) is 3.94. The topological polar surface area (TPSA) is 111 Å². The van der Waals surface area contributed by atoms with Gasteiger partial charge in [-0.1, -0.05) is 106 Å². The van der Waals surface area contributed by atoms with Crippen LogP contribution in [0.4, 0.5) is 11.4 Å². The molecule has 9 heteroatoms. The molecular formula is C44H62N6O3. The van der Waals surface area contributed by atoms with Crippen molar-refractivity contribution >= 4 is 28.9 Å². The third-order valence-electron chi connectivity index (χ3n) is 11.3. The van der Waals surface area contributed by atoms with Crippen molar-refractivity contribution < 1.29 is 9.53 Å². The second-order valence-corrected chi connectivity index (χ2v) is 18.0. The minimum Gasteiger partial charge on any atom is -0.488 e. The third-order valence-corrected chi connectivity index (χ3v) is 11.3. The van der Waals surface area contributed by atoms with E-state index in [1.54, 1.807) is 22.8 Å². The molecule has 286 valence electrons. The average molecular weight is 723 g/mol. The van der Waals surface area contributed by atoms with Gasteiger partial charge in [0.2, 0.25) is 6.41 Å². The quantitative estimate of drug-likeness (QED) is 0.139. The number of amides is 1. The van der Waals surface area contributed by atoms with E-state index in [1.165, 1.54) is 12.8 Å². The number of rotatable bonds is 13. The Kier molecular flexibility index (Phi) is 12.5. The molecule has 53 heavy (non-hydrogen) atoms. The molecule has 2 aliphatic rings. The Morgan fingerprint density at radius 3 is 2.17 bits per heavy atom. The molecular weight excluding hydrogens is 661 g/mol. The molecule has 0 bridgehead atoms. The van der Waals surface area contributed by atoms with Crippen LogP contribution < -0.4 is 15.7 Å². The van der Waals surface area contributed by atoms with E-state index in [9.17, 15) is 9.59 Å². The van der Waals surface area contributed by atoms with Gasteiger partial charge in [0.25, 0.3) is 0 Å². The van der Waals surface area contributed by atoms with E-state index >= 15 is 0 Å². The fraction of sp³-hybridized carbons (Fsp3) is 0.591. The maximum atomic E-state index is 14.3. The summed E-state index contributed by atoms with van der Waals surface area (Å²) in [5, 5.41) is 12.6. The number of hydrogen-bond donors (Lipinski definition) is 1. The first-order chi connectivity index (χ1) is 25.0. The van der Waals surface area contributed by atoms with E-state index in [1.807, 2.05) is 18.2 Å². The Hall–Kier alpha value is -4.14. The molecule has 9 nitrogen and oxygen atoms in total. The third kappa shape index (κ3) is 9.15. The number of benzene rings is 2. The highest BCUT2D eigenvalue weighted by atomic mass is 16.5. The van der Waals surface area contributed by atoms with Crippen molar-refractivity contribution in [2.24, 2.45) is 50.6 Å². The lowest BCUT2D eigenvalue weighted by molar-refractivity contribution is -0.105. The summed E-state index contributed by atoms with van der Waals surface area (Å²) >= 11 is 0. The number of azo groups is 1. The van der Waals surface area contributed by atoms with Crippen molar-refractivity contribution in [1.29, 1.82) is 0 Å². The fourth-order valence-electron chi connectivity index (χ4n) is 8.71. The van der Waals surface area contributed by atoms with Gasteiger partial charge in [-0.2, -0.15) is 10.1 Å². The van der Waals surface area contributed by atoms with Crippen LogP contribution in [0, 0.1) is 40.4 Å². The highest BCUT2D eigenvalue weighted by Crippen LogP contribution is 2.56. The Labute approximate surface area is 317 Å². The van der Waals surface area contributed by atoms with Crippen LogP contribution in [-0.2, 0) is 11.2 Å². The number of anilines is 1. The van der Waals surface area contributed by atoms with Gasteiger partial charge in [-0.15, -0.1) is 5.11 Å². The predicted molar refractivity (Wildman–Crippen MR) is 215 cm³/mol. The molecule has 3 atom stereocenters. The minimum atomic E-state index is -0.777. The van der Waals surface area contributed by atoms with Crippen LogP contribution in [-0.4, -0.2) is 27.0 Å². The molecule has 2 heterocycles. The van der Waals surface area contributed by atoms with Crippen LogP contribution in [0.25, 0.3) is 11.1 Å². The molecule has 3 aromatic rings. The van der Waals surface area contributed by atoms with Crippen molar-refractivity contribution in [1.82, 2.24) is 14.5 Å². The molecule has 3 unspecified atom stereocenters. The molecule has 0 spiro atoms. The lowest BCUT2D eigenvalue weighted by Gasteiger charge is -2.51. The van der Waals surface area contributed by atoms with Gasteiger partial charge >= 0.3 is 5.69 Å². The zero-order valence-corrected chi connectivity index (χ0v) is 33.9. The highest BCUT2D eigenvalue weighted by Gasteiger charge is 2.47. The largest absolute Gasteiger partial charge is 0.488 e. The Morgan fingerprint density at radius 1 is 0.962 bits per heavy atom. The summed E-state index contributed by atoms with van der Waals surface area (Å²) in [6, 6.07) is 15.6. The number of carbonyl (C=O) groups excluding carboxylic acids is 1. The summed E-state index contributed by atoms with van der Waals surface area (Å²) in [6.45, 7) is 25.2. The molecule has 5 rings (SSSR count). The molecule has 1 aliphatic carbocycles. The molecule has 1 saturated carbocycles. The van der Waals surface area contributed by atoms with Gasteiger partial charge in [0.1, 0.15) is 23.1 Å². The number of carbonyl (C=O) groups is 1. The maximum absolute atomic E-state index is 14.3. The van der Waals surface area contributed by atoms with Crippen molar-refractivity contribution in [3.63, 3.8) is 0 Å². The number of nitrogens with one attached hydrogen (secondary N) is 1. The van der Waals surface area contributed by atoms with E-state index in [-0.39, 0.29) is 28.5 Å². The fourth-order valence-corrected chi connectivity index (χ4v) is 8.71. The van der Waals surface area contributed by atoms with Gasteiger partial charge < -0.3 is 10.1 Å². The number of hydrogen-bond acceptors (Lipinski definition) is 7. The number of nitrogens with zero attached hydrogens (tertiary/aromatic N) is 5. The monoisotopic (exact) mass is 722 g/mol. The summed E-state index contributed by atoms with van der Waals surface area (Å²) in [6.07, 6.45) is 5.19. The lowest BCUT2D eigenvalue weighted by atomic mass is 9.54. The van der Waals surface area contributed by atoms with E-state index in [0.717, 1.165) is 36.0 Å². The van der Waals surface area contributed by atoms with Crippen molar-refractivity contribution in [3.8, 4) is 5.75 Å². The van der Waals surface area contributed by atoms with E-state index in [4.69, 9.17) is 19.9 Å². The summed E-state index contributed by atoms with van der Waals surface area (Å²) in [7, 11) is 0. The van der Waals surface area contributed by atoms with Crippen molar-refractivity contribution in [3.05, 3.63) is 76.2 Å². The average Bonchev–Trinajstić information content (AvgIpc) is 3.39. The van der Waals surface area contributed by atoms with E-state index < -0.39 is 6.17 Å². The van der Waals surface area contributed by atoms with E-state index in [0.29, 0.717) is 65.3 Å². The van der Waals surface area contributed by atoms with Crippen molar-refractivity contribution in [2.45, 2.75) is 127 Å². The molecule has 1 amide bonds. The smallest absolute Gasteiger partial charge is 0.353 e. The number of allylic oxidation sites excluding steroid dienone is 1. The van der Waals surface area contributed by atoms with Crippen LogP contribution >= 0.6 is 0 Å². The van der Waals surface area contributed by atoms with Gasteiger partial charge in [0, 0.05) is 29.3 Å². The highest BCUT2D eigenvalue weighted by molar-refractivity contribution is 5.93. The molecule has 1 N–H and O–H groups in total. The second kappa shape index (κ2) is 16.5. The molecule has 0 saturated heterocycles. The molecule has 1 aliphatic heterocycles. The van der Waals surface area contributed by atoms with Crippen LogP contribution in [0.5, 0.6) is 5.75 Å². The SMILES string of the molecule is CCC(CC)Oc1cc(NC=O)ccc1N=NC1C(c2ccccc2)=C(CC2C(C(C)(C)C)CC(C)CC2C(C)(C)C)c2nc(CC(C)C)nc(=O)n21. The molecule has 2 aromatic carbocycles. The van der Waals surface area contributed by atoms with Crippen molar-refractivity contribution in [2.75, 3.05) is 5.32 Å². The van der Waals surface area contributed by atoms with Gasteiger partial charge in [-0.3, -0.25) is 4.79 Å². The molecule has 1 aromatic heterocycles. The normalized spacial score (nSPS) is 22.2. The van der Waals surface area contributed by atoms with Crippen LogP contribution in [0.1, 0.15) is 132 Å². The van der Waals surface area contributed by atoms with E-state index in [2.05, 4.69) is 98.6 Å². The first-order valence-electron chi connectivity index (χ1n) is 19.8. The van der Waals surface area contributed by atoms with Gasteiger partial charge in [0.15, 0.2) is 6.17 Å². The second-order valence-electron chi connectivity index (χ2n) is 18.0. The van der Waals surface area contributed by atoms with Crippen LogP contribution in [0.2, 0.25) is 0 Å². The Morgan fingerprint density at radius 2 is 1.60 bits per heavy atom. The number of fused-ring (bicyclic) bond motifs is 1.